The number of carbonyl (C=O) groups is 1. The molecule has 1 N–H and O–H groups in total. The van der Waals surface area contributed by atoms with Gasteiger partial charge in [0.15, 0.2) is 5.82 Å². The lowest BCUT2D eigenvalue weighted by Crippen LogP contribution is -2.47. The third-order valence-corrected chi connectivity index (χ3v) is 4.01. The summed E-state index contributed by atoms with van der Waals surface area (Å²) >= 11 is 0. The van der Waals surface area contributed by atoms with E-state index in [2.05, 4.69) is 15.5 Å². The van der Waals surface area contributed by atoms with Crippen molar-refractivity contribution in [2.24, 2.45) is 0 Å². The highest BCUT2D eigenvalue weighted by molar-refractivity contribution is 5.74. The second kappa shape index (κ2) is 8.06. The lowest BCUT2D eigenvalue weighted by molar-refractivity contribution is -0.0103. The number of aryl methyl sites for hydroxylation is 1. The maximum absolute atomic E-state index is 13.2. The molecule has 1 atom stereocenters. The number of urea groups is 1. The predicted octanol–water partition coefficient (Wildman–Crippen LogP) is 2.41. The van der Waals surface area contributed by atoms with E-state index in [0.717, 1.165) is 18.4 Å². The van der Waals surface area contributed by atoms with E-state index in [0.29, 0.717) is 31.3 Å². The second-order valence-electron chi connectivity index (χ2n) is 6.05. The molecule has 1 aliphatic rings. The molecule has 2 heterocycles. The summed E-state index contributed by atoms with van der Waals surface area (Å²) in [6.45, 7) is 3.46. The molecule has 25 heavy (non-hydrogen) atoms. The van der Waals surface area contributed by atoms with Gasteiger partial charge in [0.2, 0.25) is 0 Å². The largest absolute Gasteiger partial charge is 0.367 e. The molecule has 8 heteroatoms. The van der Waals surface area contributed by atoms with Gasteiger partial charge in [-0.25, -0.2) is 9.18 Å². The zero-order valence-electron chi connectivity index (χ0n) is 14.1. The number of rotatable bonds is 5. The molecule has 0 spiro atoms. The zero-order valence-corrected chi connectivity index (χ0v) is 14.1. The molecule has 0 saturated carbocycles. The highest BCUT2D eigenvalue weighted by Gasteiger charge is 2.24. The predicted molar refractivity (Wildman–Crippen MR) is 87.1 cm³/mol. The Kier molecular flexibility index (Phi) is 5.60. The molecule has 3 rings (SSSR count). The Bertz CT molecular complexity index is 721. The van der Waals surface area contributed by atoms with Gasteiger partial charge in [0.05, 0.1) is 6.10 Å². The number of nitrogens with one attached hydrogen (secondary N) is 1. The van der Waals surface area contributed by atoms with Crippen LogP contribution in [0.5, 0.6) is 0 Å². The molecule has 1 fully saturated rings. The molecule has 1 aromatic carbocycles. The van der Waals surface area contributed by atoms with Crippen LogP contribution < -0.4 is 5.32 Å². The molecule has 0 radical (unpaired) electrons. The molecule has 0 bridgehead atoms. The molecule has 7 nitrogen and oxygen atoms in total. The van der Waals surface area contributed by atoms with Gasteiger partial charge < -0.3 is 19.5 Å². The Hall–Kier alpha value is -2.48. The minimum absolute atomic E-state index is 0.0686. The minimum Gasteiger partial charge on any atom is -0.367 e. The van der Waals surface area contributed by atoms with Gasteiger partial charge in [0.1, 0.15) is 12.4 Å². The van der Waals surface area contributed by atoms with Crippen molar-refractivity contribution in [2.45, 2.75) is 39.0 Å². The second-order valence-corrected chi connectivity index (χ2v) is 6.05. The summed E-state index contributed by atoms with van der Waals surface area (Å²) in [6, 6.07) is 6.02. The first-order chi connectivity index (χ1) is 12.1. The fraction of sp³-hybridized carbons (Fsp3) is 0.471. The number of likely N-dealkylation sites (tertiary alicyclic amines) is 1. The normalized spacial score (nSPS) is 17.5. The van der Waals surface area contributed by atoms with Crippen LogP contribution in [0.3, 0.4) is 0 Å². The quantitative estimate of drug-likeness (QED) is 0.897. The van der Waals surface area contributed by atoms with E-state index >= 15 is 0 Å². The smallest absolute Gasteiger partial charge is 0.317 e. The van der Waals surface area contributed by atoms with Crippen LogP contribution in [-0.2, 0) is 17.9 Å². The molecule has 1 aliphatic heterocycles. The number of nitrogens with zero attached hydrogens (tertiary/aromatic N) is 3. The third kappa shape index (κ3) is 4.99. The van der Waals surface area contributed by atoms with E-state index in [1.54, 1.807) is 24.0 Å². The Morgan fingerprint density at radius 1 is 1.52 bits per heavy atom. The molecule has 2 amide bonds. The lowest BCUT2D eigenvalue weighted by atomic mass is 10.1. The standard InChI is InChI=1S/C17H21FN4O3/c1-12-20-16(25-21-12)11-24-15-6-3-7-22(10-15)17(23)19-9-13-4-2-5-14(18)8-13/h2,4-5,8,15H,3,6-7,9-11H2,1H3,(H,19,23)/t15-/m0/s1. The highest BCUT2D eigenvalue weighted by atomic mass is 19.1. The Labute approximate surface area is 145 Å². The van der Waals surface area contributed by atoms with Gasteiger partial charge in [-0.05, 0) is 37.5 Å². The van der Waals surface area contributed by atoms with Gasteiger partial charge >= 0.3 is 6.03 Å². The first kappa shape index (κ1) is 17.3. The van der Waals surface area contributed by atoms with E-state index in [4.69, 9.17) is 9.26 Å². The molecular weight excluding hydrogens is 327 g/mol. The van der Waals surface area contributed by atoms with Gasteiger partial charge in [-0.1, -0.05) is 17.3 Å². The van der Waals surface area contributed by atoms with Crippen molar-refractivity contribution in [1.29, 1.82) is 0 Å². The summed E-state index contributed by atoms with van der Waals surface area (Å²) in [6.07, 6.45) is 1.67. The van der Waals surface area contributed by atoms with Crippen molar-refractivity contribution in [3.05, 3.63) is 47.4 Å². The number of amides is 2. The summed E-state index contributed by atoms with van der Waals surface area (Å²) in [7, 11) is 0. The van der Waals surface area contributed by atoms with Crippen molar-refractivity contribution in [3.8, 4) is 0 Å². The van der Waals surface area contributed by atoms with Crippen LogP contribution in [0.4, 0.5) is 9.18 Å². The van der Waals surface area contributed by atoms with Crippen LogP contribution in [0, 0.1) is 12.7 Å². The van der Waals surface area contributed by atoms with Crippen molar-refractivity contribution in [3.63, 3.8) is 0 Å². The molecule has 1 aromatic heterocycles. The van der Waals surface area contributed by atoms with Crippen molar-refractivity contribution in [1.82, 2.24) is 20.4 Å². The fourth-order valence-corrected chi connectivity index (χ4v) is 2.78. The summed E-state index contributed by atoms with van der Waals surface area (Å²) in [5, 5.41) is 6.53. The van der Waals surface area contributed by atoms with Gasteiger partial charge in [0, 0.05) is 19.6 Å². The van der Waals surface area contributed by atoms with Gasteiger partial charge in [-0.15, -0.1) is 0 Å². The van der Waals surface area contributed by atoms with Crippen molar-refractivity contribution in [2.75, 3.05) is 13.1 Å². The summed E-state index contributed by atoms with van der Waals surface area (Å²) in [4.78, 5) is 18.1. The number of hydrogen-bond acceptors (Lipinski definition) is 5. The number of ether oxygens (including phenoxy) is 1. The first-order valence-electron chi connectivity index (χ1n) is 8.28. The number of piperidine rings is 1. The van der Waals surface area contributed by atoms with E-state index in [1.165, 1.54) is 12.1 Å². The number of hydrogen-bond donors (Lipinski definition) is 1. The SMILES string of the molecule is Cc1noc(CO[C@H]2CCCN(C(=O)NCc3cccc(F)c3)C2)n1. The van der Waals surface area contributed by atoms with Crippen LogP contribution in [0.15, 0.2) is 28.8 Å². The average molecular weight is 348 g/mol. The first-order valence-corrected chi connectivity index (χ1v) is 8.28. The van der Waals surface area contributed by atoms with E-state index in [1.807, 2.05) is 0 Å². The van der Waals surface area contributed by atoms with E-state index in [-0.39, 0.29) is 24.6 Å². The zero-order chi connectivity index (χ0) is 17.6. The van der Waals surface area contributed by atoms with Gasteiger partial charge in [0.25, 0.3) is 5.89 Å². The molecule has 2 aromatic rings. The molecule has 0 unspecified atom stereocenters. The number of aromatic nitrogens is 2. The topological polar surface area (TPSA) is 80.5 Å². The minimum atomic E-state index is -0.311. The number of benzene rings is 1. The molecule has 1 saturated heterocycles. The Morgan fingerprint density at radius 2 is 2.40 bits per heavy atom. The van der Waals surface area contributed by atoms with Crippen LogP contribution >= 0.6 is 0 Å². The van der Waals surface area contributed by atoms with E-state index < -0.39 is 0 Å². The monoisotopic (exact) mass is 348 g/mol. The van der Waals surface area contributed by atoms with Crippen LogP contribution in [0.1, 0.15) is 30.1 Å². The fourth-order valence-electron chi connectivity index (χ4n) is 2.78. The van der Waals surface area contributed by atoms with Crippen LogP contribution in [-0.4, -0.2) is 40.3 Å². The summed E-state index contributed by atoms with van der Waals surface area (Å²) < 4.78 is 24.0. The van der Waals surface area contributed by atoms with Crippen LogP contribution in [0.2, 0.25) is 0 Å². The summed E-state index contributed by atoms with van der Waals surface area (Å²) in [5.74, 6) is 0.695. The van der Waals surface area contributed by atoms with Gasteiger partial charge in [-0.3, -0.25) is 0 Å². The van der Waals surface area contributed by atoms with E-state index in [9.17, 15) is 9.18 Å². The number of halogens is 1. The third-order valence-electron chi connectivity index (χ3n) is 4.01. The number of carbonyl (C=O) groups excluding carboxylic acids is 1. The maximum atomic E-state index is 13.2. The molecular formula is C17H21FN4O3. The Balaban J connectivity index is 1.46. The van der Waals surface area contributed by atoms with Gasteiger partial charge in [-0.2, -0.15) is 4.98 Å². The van der Waals surface area contributed by atoms with Crippen molar-refractivity contribution >= 4 is 6.03 Å². The van der Waals surface area contributed by atoms with Crippen molar-refractivity contribution < 1.29 is 18.4 Å². The lowest BCUT2D eigenvalue weighted by Gasteiger charge is -2.32. The Morgan fingerprint density at radius 3 is 3.16 bits per heavy atom. The average Bonchev–Trinajstić information content (AvgIpc) is 3.03. The highest BCUT2D eigenvalue weighted by Crippen LogP contribution is 2.15. The maximum Gasteiger partial charge on any atom is 0.317 e. The summed E-state index contributed by atoms with van der Waals surface area (Å²) in [5.41, 5.74) is 0.727. The molecule has 134 valence electrons. The van der Waals surface area contributed by atoms with Crippen LogP contribution in [0.25, 0.3) is 0 Å². The molecule has 0 aliphatic carbocycles.